The van der Waals surface area contributed by atoms with Gasteiger partial charge in [0.15, 0.2) is 6.29 Å². The van der Waals surface area contributed by atoms with E-state index in [9.17, 15) is 30.3 Å². The Hall–Kier alpha value is -1.07. The normalized spacial score (nSPS) is 19.7. The fourth-order valence-electron chi connectivity index (χ4n) is 9.69. The first-order valence-electron chi connectivity index (χ1n) is 29.4. The van der Waals surface area contributed by atoms with Crippen LogP contribution in [0.3, 0.4) is 0 Å². The topological polar surface area (TPSA) is 149 Å². The van der Waals surface area contributed by atoms with Crippen LogP contribution in [0.2, 0.25) is 0 Å². The van der Waals surface area contributed by atoms with Gasteiger partial charge in [0.25, 0.3) is 0 Å². The number of amides is 1. The van der Waals surface area contributed by atoms with Crippen LogP contribution in [0.15, 0.2) is 12.2 Å². The first-order chi connectivity index (χ1) is 32.8. The molecule has 6 N–H and O–H groups in total. The summed E-state index contributed by atoms with van der Waals surface area (Å²) in [5, 5.41) is 54.7. The number of carbonyl (C=O) groups excluding carboxylic acids is 1. The molecule has 9 nitrogen and oxygen atoms in total. The molecule has 0 radical (unpaired) electrons. The van der Waals surface area contributed by atoms with Crippen LogP contribution in [0.1, 0.15) is 296 Å². The summed E-state index contributed by atoms with van der Waals surface area (Å²) in [6.07, 6.45) is 52.4. The monoisotopic (exact) mass is 952 g/mol. The predicted molar refractivity (Wildman–Crippen MR) is 281 cm³/mol. The third-order valence-corrected chi connectivity index (χ3v) is 14.4. The van der Waals surface area contributed by atoms with Crippen molar-refractivity contribution in [2.45, 2.75) is 339 Å². The SMILES string of the molecule is CCCCCCCCCC/C=C\CCCCCCCCCCCCCC(=O)NC(COC1OC(CO)C(O)C(O)C1O)C(O)CCCCCCCCCCCCCCCCCCCCCCC. The molecule has 398 valence electrons. The Morgan fingerprint density at radius 2 is 0.836 bits per heavy atom. The summed E-state index contributed by atoms with van der Waals surface area (Å²) in [7, 11) is 0. The predicted octanol–water partition coefficient (Wildman–Crippen LogP) is 14.4. The van der Waals surface area contributed by atoms with Crippen LogP contribution >= 0.6 is 0 Å². The Morgan fingerprint density at radius 3 is 1.21 bits per heavy atom. The summed E-state index contributed by atoms with van der Waals surface area (Å²) in [5.41, 5.74) is 0. The molecule has 1 heterocycles. The molecule has 0 bridgehead atoms. The van der Waals surface area contributed by atoms with Gasteiger partial charge in [-0.1, -0.05) is 264 Å². The second-order valence-corrected chi connectivity index (χ2v) is 20.8. The van der Waals surface area contributed by atoms with Gasteiger partial charge in [0.2, 0.25) is 5.91 Å². The number of allylic oxidation sites excluding steroid dienone is 2. The van der Waals surface area contributed by atoms with E-state index in [2.05, 4.69) is 31.3 Å². The molecular weight excluding hydrogens is 839 g/mol. The maximum atomic E-state index is 13.1. The van der Waals surface area contributed by atoms with E-state index in [0.717, 1.165) is 38.5 Å². The highest BCUT2D eigenvalue weighted by atomic mass is 16.7. The van der Waals surface area contributed by atoms with Gasteiger partial charge in [-0.25, -0.2) is 0 Å². The number of aliphatic hydroxyl groups is 5. The number of aliphatic hydroxyl groups excluding tert-OH is 5. The number of ether oxygens (including phenoxy) is 2. The molecule has 0 saturated carbocycles. The van der Waals surface area contributed by atoms with Crippen LogP contribution < -0.4 is 5.32 Å². The molecule has 0 spiro atoms. The van der Waals surface area contributed by atoms with Crippen molar-refractivity contribution in [1.82, 2.24) is 5.32 Å². The quantitative estimate of drug-likeness (QED) is 0.0261. The van der Waals surface area contributed by atoms with E-state index in [1.807, 2.05) is 0 Å². The van der Waals surface area contributed by atoms with E-state index in [4.69, 9.17) is 9.47 Å². The third kappa shape index (κ3) is 38.3. The van der Waals surface area contributed by atoms with Gasteiger partial charge in [-0.05, 0) is 38.5 Å². The molecule has 7 atom stereocenters. The smallest absolute Gasteiger partial charge is 0.220 e. The summed E-state index contributed by atoms with van der Waals surface area (Å²) in [5.74, 6) is -0.140. The van der Waals surface area contributed by atoms with Gasteiger partial charge >= 0.3 is 0 Å². The van der Waals surface area contributed by atoms with Crippen LogP contribution in [0.4, 0.5) is 0 Å². The van der Waals surface area contributed by atoms with Gasteiger partial charge in [-0.15, -0.1) is 0 Å². The van der Waals surface area contributed by atoms with Gasteiger partial charge in [-0.2, -0.15) is 0 Å². The number of nitrogens with one attached hydrogen (secondary N) is 1. The molecule has 0 aromatic rings. The van der Waals surface area contributed by atoms with E-state index >= 15 is 0 Å². The Bertz CT molecular complexity index is 1060. The maximum absolute atomic E-state index is 13.1. The van der Waals surface area contributed by atoms with Crippen molar-refractivity contribution < 1.29 is 39.8 Å². The van der Waals surface area contributed by atoms with Gasteiger partial charge < -0.3 is 40.3 Å². The van der Waals surface area contributed by atoms with Crippen LogP contribution in [-0.2, 0) is 14.3 Å². The Labute approximate surface area is 414 Å². The summed E-state index contributed by atoms with van der Waals surface area (Å²) >= 11 is 0. The zero-order valence-corrected chi connectivity index (χ0v) is 44.2. The van der Waals surface area contributed by atoms with Crippen LogP contribution in [-0.4, -0.2) is 87.5 Å². The van der Waals surface area contributed by atoms with E-state index in [0.29, 0.717) is 12.8 Å². The minimum absolute atomic E-state index is 0.134. The lowest BCUT2D eigenvalue weighted by Gasteiger charge is -2.40. The van der Waals surface area contributed by atoms with Crippen molar-refractivity contribution >= 4 is 5.91 Å². The lowest BCUT2D eigenvalue weighted by Crippen LogP contribution is -2.60. The Morgan fingerprint density at radius 1 is 0.493 bits per heavy atom. The van der Waals surface area contributed by atoms with Crippen molar-refractivity contribution in [2.24, 2.45) is 0 Å². The fourth-order valence-corrected chi connectivity index (χ4v) is 9.69. The van der Waals surface area contributed by atoms with Crippen molar-refractivity contribution in [2.75, 3.05) is 13.2 Å². The van der Waals surface area contributed by atoms with Gasteiger partial charge in [0.05, 0.1) is 25.4 Å². The van der Waals surface area contributed by atoms with Gasteiger partial charge in [0.1, 0.15) is 24.4 Å². The van der Waals surface area contributed by atoms with E-state index in [1.165, 1.54) is 231 Å². The highest BCUT2D eigenvalue weighted by Gasteiger charge is 2.44. The van der Waals surface area contributed by atoms with Crippen molar-refractivity contribution in [3.8, 4) is 0 Å². The summed E-state index contributed by atoms with van der Waals surface area (Å²) in [4.78, 5) is 13.1. The molecule has 1 saturated heterocycles. The lowest BCUT2D eigenvalue weighted by atomic mass is 9.99. The molecule has 1 rings (SSSR count). The molecule has 67 heavy (non-hydrogen) atoms. The second kappa shape index (κ2) is 48.6. The standard InChI is InChI=1S/C58H113NO8/c1-3-5-7-9-11-13-15-17-19-21-23-25-26-28-30-32-34-36-38-40-42-44-46-48-54(62)59-51(50-66-58-57(65)56(64)55(63)53(49-60)67-58)52(61)47-45-43-41-39-37-35-33-31-29-27-24-22-20-18-16-14-12-10-8-6-4-2/h21,23,51-53,55-58,60-61,63-65H,3-20,22,24-50H2,1-2H3,(H,59,62)/b23-21-. The van der Waals surface area contributed by atoms with E-state index in [-0.39, 0.29) is 12.5 Å². The van der Waals surface area contributed by atoms with Crippen molar-refractivity contribution in [1.29, 1.82) is 0 Å². The molecule has 1 aliphatic rings. The average molecular weight is 953 g/mol. The molecule has 0 aromatic carbocycles. The van der Waals surface area contributed by atoms with Crippen molar-refractivity contribution in [3.05, 3.63) is 12.2 Å². The molecular formula is C58H113NO8. The zero-order chi connectivity index (χ0) is 48.7. The maximum Gasteiger partial charge on any atom is 0.220 e. The molecule has 1 amide bonds. The number of hydrogen-bond donors (Lipinski definition) is 6. The van der Waals surface area contributed by atoms with E-state index < -0.39 is 49.5 Å². The summed E-state index contributed by atoms with van der Waals surface area (Å²) in [6, 6.07) is -0.717. The zero-order valence-electron chi connectivity index (χ0n) is 44.2. The Kier molecular flexibility index (Phi) is 46.3. The van der Waals surface area contributed by atoms with Crippen molar-refractivity contribution in [3.63, 3.8) is 0 Å². The van der Waals surface area contributed by atoms with Gasteiger partial charge in [0, 0.05) is 6.42 Å². The average Bonchev–Trinajstić information content (AvgIpc) is 3.33. The third-order valence-electron chi connectivity index (χ3n) is 14.4. The minimum atomic E-state index is -1.55. The lowest BCUT2D eigenvalue weighted by molar-refractivity contribution is -0.302. The molecule has 0 aromatic heterocycles. The first-order valence-corrected chi connectivity index (χ1v) is 29.4. The largest absolute Gasteiger partial charge is 0.394 e. The van der Waals surface area contributed by atoms with E-state index in [1.54, 1.807) is 0 Å². The number of carbonyl (C=O) groups is 1. The molecule has 0 aliphatic carbocycles. The second-order valence-electron chi connectivity index (χ2n) is 20.8. The first kappa shape index (κ1) is 63.9. The van der Waals surface area contributed by atoms with Crippen LogP contribution in [0, 0.1) is 0 Å². The molecule has 9 heteroatoms. The molecule has 7 unspecified atom stereocenters. The molecule has 1 fully saturated rings. The number of hydrogen-bond acceptors (Lipinski definition) is 8. The summed E-state index contributed by atoms with van der Waals surface area (Å²) in [6.45, 7) is 3.88. The molecule has 1 aliphatic heterocycles. The number of unbranched alkanes of at least 4 members (excludes halogenated alkanes) is 39. The highest BCUT2D eigenvalue weighted by Crippen LogP contribution is 2.23. The summed E-state index contributed by atoms with van der Waals surface area (Å²) < 4.78 is 11.3. The van der Waals surface area contributed by atoms with Crippen LogP contribution in [0.5, 0.6) is 0 Å². The Balaban J connectivity index is 2.19. The highest BCUT2D eigenvalue weighted by molar-refractivity contribution is 5.76. The van der Waals surface area contributed by atoms with Crippen LogP contribution in [0.25, 0.3) is 0 Å². The number of rotatable bonds is 51. The fraction of sp³-hybridized carbons (Fsp3) is 0.948. The van der Waals surface area contributed by atoms with Gasteiger partial charge in [-0.3, -0.25) is 4.79 Å². The minimum Gasteiger partial charge on any atom is -0.394 e.